The lowest BCUT2D eigenvalue weighted by atomic mass is 10.1. The lowest BCUT2D eigenvalue weighted by molar-refractivity contribution is 0.0697. The molecule has 1 aromatic carbocycles. The molecule has 21 heavy (non-hydrogen) atoms. The number of carboxylic acid groups (broad SMARTS) is 1. The zero-order valence-corrected chi connectivity index (χ0v) is 12.1. The summed E-state index contributed by atoms with van der Waals surface area (Å²) in [6.45, 7) is 3.56. The highest BCUT2D eigenvalue weighted by molar-refractivity contribution is 6.00. The van der Waals surface area contributed by atoms with E-state index in [4.69, 9.17) is 14.6 Å². The molecule has 7 nitrogen and oxygen atoms in total. The zero-order valence-electron chi connectivity index (χ0n) is 12.1. The monoisotopic (exact) mass is 296 g/mol. The predicted molar refractivity (Wildman–Crippen MR) is 78.1 cm³/mol. The van der Waals surface area contributed by atoms with Crippen molar-refractivity contribution in [2.75, 3.05) is 32.2 Å². The first-order valence-corrected chi connectivity index (χ1v) is 6.62. The summed E-state index contributed by atoms with van der Waals surface area (Å²) in [7, 11) is 1.44. The van der Waals surface area contributed by atoms with Crippen molar-refractivity contribution in [1.82, 2.24) is 5.32 Å². The molecule has 116 valence electrons. The van der Waals surface area contributed by atoms with Crippen molar-refractivity contribution < 1.29 is 24.2 Å². The zero-order chi connectivity index (χ0) is 15.7. The normalized spacial score (nSPS) is 10.0. The Morgan fingerprint density at radius 1 is 1.33 bits per heavy atom. The van der Waals surface area contributed by atoms with E-state index in [0.717, 1.165) is 0 Å². The van der Waals surface area contributed by atoms with Crippen molar-refractivity contribution >= 4 is 17.7 Å². The van der Waals surface area contributed by atoms with Crippen molar-refractivity contribution in [1.29, 1.82) is 0 Å². The Morgan fingerprint density at radius 3 is 2.71 bits per heavy atom. The fourth-order valence-corrected chi connectivity index (χ4v) is 1.62. The smallest absolute Gasteiger partial charge is 0.337 e. The summed E-state index contributed by atoms with van der Waals surface area (Å²) in [5.74, 6) is -0.726. The quantitative estimate of drug-likeness (QED) is 0.637. The number of nitrogens with one attached hydrogen (secondary N) is 2. The molecule has 1 rings (SSSR count). The average Bonchev–Trinajstić information content (AvgIpc) is 2.47. The Kier molecular flexibility index (Phi) is 7.03. The summed E-state index contributed by atoms with van der Waals surface area (Å²) in [4.78, 5) is 22.8. The van der Waals surface area contributed by atoms with Crippen LogP contribution in [0.25, 0.3) is 0 Å². The molecular formula is C14H20N2O5. The van der Waals surface area contributed by atoms with E-state index in [9.17, 15) is 9.59 Å². The number of urea groups is 1. The van der Waals surface area contributed by atoms with Gasteiger partial charge in [-0.25, -0.2) is 9.59 Å². The van der Waals surface area contributed by atoms with Crippen molar-refractivity contribution in [3.8, 4) is 5.75 Å². The number of rotatable bonds is 8. The molecule has 0 bridgehead atoms. The molecule has 0 aliphatic heterocycles. The minimum Gasteiger partial charge on any atom is -0.497 e. The maximum atomic E-state index is 11.7. The van der Waals surface area contributed by atoms with Gasteiger partial charge in [0.2, 0.25) is 0 Å². The molecule has 3 N–H and O–H groups in total. The van der Waals surface area contributed by atoms with Gasteiger partial charge in [0, 0.05) is 19.8 Å². The van der Waals surface area contributed by atoms with Crippen molar-refractivity contribution in [3.63, 3.8) is 0 Å². The molecule has 0 radical (unpaired) electrons. The van der Waals surface area contributed by atoms with Crippen LogP contribution < -0.4 is 15.4 Å². The van der Waals surface area contributed by atoms with E-state index in [1.54, 1.807) is 6.07 Å². The Hall–Kier alpha value is -2.28. The highest BCUT2D eigenvalue weighted by atomic mass is 16.5. The van der Waals surface area contributed by atoms with Crippen LogP contribution in [0.2, 0.25) is 0 Å². The first-order chi connectivity index (χ1) is 10.1. The molecule has 0 aromatic heterocycles. The third-order valence-electron chi connectivity index (χ3n) is 2.66. The molecule has 0 unspecified atom stereocenters. The van der Waals surface area contributed by atoms with Crippen LogP contribution in [0.4, 0.5) is 10.5 Å². The van der Waals surface area contributed by atoms with Crippen LogP contribution in [-0.4, -0.2) is 44.0 Å². The van der Waals surface area contributed by atoms with E-state index in [1.807, 2.05) is 6.92 Å². The van der Waals surface area contributed by atoms with Gasteiger partial charge in [-0.1, -0.05) is 0 Å². The van der Waals surface area contributed by atoms with Gasteiger partial charge in [-0.2, -0.15) is 0 Å². The topological polar surface area (TPSA) is 96.9 Å². The molecule has 0 heterocycles. The van der Waals surface area contributed by atoms with Crippen LogP contribution in [0.5, 0.6) is 5.75 Å². The molecular weight excluding hydrogens is 276 g/mol. The van der Waals surface area contributed by atoms with Crippen molar-refractivity contribution in [2.45, 2.75) is 13.3 Å². The number of methoxy groups -OCH3 is 1. The maximum absolute atomic E-state index is 11.7. The average molecular weight is 296 g/mol. The van der Waals surface area contributed by atoms with Crippen LogP contribution in [0.3, 0.4) is 0 Å². The Morgan fingerprint density at radius 2 is 2.10 bits per heavy atom. The second kappa shape index (κ2) is 8.80. The summed E-state index contributed by atoms with van der Waals surface area (Å²) >= 11 is 0. The van der Waals surface area contributed by atoms with E-state index < -0.39 is 12.0 Å². The number of hydrogen-bond donors (Lipinski definition) is 3. The highest BCUT2D eigenvalue weighted by Gasteiger charge is 2.13. The summed E-state index contributed by atoms with van der Waals surface area (Å²) in [5.41, 5.74) is 0.185. The first kappa shape index (κ1) is 16.8. The number of benzene rings is 1. The number of carbonyl (C=O) groups excluding carboxylic acids is 1. The van der Waals surface area contributed by atoms with Crippen molar-refractivity contribution in [3.05, 3.63) is 23.8 Å². The third-order valence-corrected chi connectivity index (χ3v) is 2.66. The van der Waals surface area contributed by atoms with Gasteiger partial charge in [-0.3, -0.25) is 0 Å². The highest BCUT2D eigenvalue weighted by Crippen LogP contribution is 2.22. The molecule has 1 aromatic rings. The van der Waals surface area contributed by atoms with E-state index in [1.165, 1.54) is 19.2 Å². The SMILES string of the molecule is CCOCCCNC(=O)Nc1ccc(OC)cc1C(=O)O. The number of amides is 2. The van der Waals surface area contributed by atoms with Crippen LogP contribution in [0.1, 0.15) is 23.7 Å². The molecule has 0 aliphatic carbocycles. The first-order valence-electron chi connectivity index (χ1n) is 6.62. The number of aromatic carboxylic acids is 1. The fourth-order valence-electron chi connectivity index (χ4n) is 1.62. The fraction of sp³-hybridized carbons (Fsp3) is 0.429. The summed E-state index contributed by atoms with van der Waals surface area (Å²) in [6.07, 6.45) is 0.690. The molecule has 0 atom stereocenters. The molecule has 0 spiro atoms. The van der Waals surface area contributed by atoms with Crippen LogP contribution >= 0.6 is 0 Å². The molecule has 0 saturated heterocycles. The van der Waals surface area contributed by atoms with Gasteiger partial charge in [0.15, 0.2) is 0 Å². The molecule has 2 amide bonds. The van der Waals surface area contributed by atoms with Gasteiger partial charge in [0.1, 0.15) is 5.75 Å². The Bertz CT molecular complexity index is 490. The number of ether oxygens (including phenoxy) is 2. The lowest BCUT2D eigenvalue weighted by Crippen LogP contribution is -2.30. The van der Waals surface area contributed by atoms with Gasteiger partial charge >= 0.3 is 12.0 Å². The summed E-state index contributed by atoms with van der Waals surface area (Å²) in [6, 6.07) is 3.96. The second-order valence-electron chi connectivity index (χ2n) is 4.15. The number of anilines is 1. The predicted octanol–water partition coefficient (Wildman–Crippen LogP) is 1.94. The minimum atomic E-state index is -1.14. The van der Waals surface area contributed by atoms with Gasteiger partial charge in [0.25, 0.3) is 0 Å². The molecule has 0 saturated carbocycles. The van der Waals surface area contributed by atoms with E-state index in [-0.39, 0.29) is 11.3 Å². The van der Waals surface area contributed by atoms with E-state index in [2.05, 4.69) is 10.6 Å². The van der Waals surface area contributed by atoms with Crippen molar-refractivity contribution in [2.24, 2.45) is 0 Å². The van der Waals surface area contributed by atoms with Gasteiger partial charge in [0.05, 0.1) is 18.4 Å². The Labute approximate surface area is 123 Å². The van der Waals surface area contributed by atoms with E-state index in [0.29, 0.717) is 31.9 Å². The molecule has 0 fully saturated rings. The van der Waals surface area contributed by atoms with Crippen LogP contribution in [0.15, 0.2) is 18.2 Å². The summed E-state index contributed by atoms with van der Waals surface area (Å²) in [5, 5.41) is 14.3. The largest absolute Gasteiger partial charge is 0.497 e. The standard InChI is InChI=1S/C14H20N2O5/c1-3-21-8-4-7-15-14(19)16-12-6-5-10(20-2)9-11(12)13(17)18/h5-6,9H,3-4,7-8H2,1-2H3,(H,17,18)(H2,15,16,19). The van der Waals surface area contributed by atoms with Gasteiger partial charge < -0.3 is 25.2 Å². The second-order valence-corrected chi connectivity index (χ2v) is 4.15. The number of hydrogen-bond acceptors (Lipinski definition) is 4. The molecule has 7 heteroatoms. The third kappa shape index (κ3) is 5.70. The van der Waals surface area contributed by atoms with E-state index >= 15 is 0 Å². The van der Waals surface area contributed by atoms with Gasteiger partial charge in [-0.15, -0.1) is 0 Å². The lowest BCUT2D eigenvalue weighted by Gasteiger charge is -2.11. The maximum Gasteiger partial charge on any atom is 0.337 e. The minimum absolute atomic E-state index is 0.0289. The Balaban J connectivity index is 2.57. The number of carboxylic acids is 1. The van der Waals surface area contributed by atoms with Crippen LogP contribution in [-0.2, 0) is 4.74 Å². The number of carbonyl (C=O) groups is 2. The van der Waals surface area contributed by atoms with Gasteiger partial charge in [-0.05, 0) is 31.5 Å². The van der Waals surface area contributed by atoms with Crippen LogP contribution in [0, 0.1) is 0 Å². The summed E-state index contributed by atoms with van der Waals surface area (Å²) < 4.78 is 10.1. The molecule has 0 aliphatic rings.